The van der Waals surface area contributed by atoms with Gasteiger partial charge in [-0.3, -0.25) is 4.99 Å². The highest BCUT2D eigenvalue weighted by molar-refractivity contribution is 5.80. The van der Waals surface area contributed by atoms with Gasteiger partial charge in [-0.1, -0.05) is 47.9 Å². The molecule has 1 aromatic carbocycles. The van der Waals surface area contributed by atoms with Crippen molar-refractivity contribution in [1.82, 2.24) is 10.2 Å². The van der Waals surface area contributed by atoms with Crippen molar-refractivity contribution >= 4 is 12.0 Å². The second-order valence-electron chi connectivity index (χ2n) is 4.81. The van der Waals surface area contributed by atoms with Crippen molar-refractivity contribution in [3.05, 3.63) is 41.5 Å². The van der Waals surface area contributed by atoms with Crippen molar-refractivity contribution in [3.63, 3.8) is 0 Å². The van der Waals surface area contributed by atoms with Gasteiger partial charge in [0.2, 0.25) is 0 Å². The van der Waals surface area contributed by atoms with Gasteiger partial charge in [-0.05, 0) is 18.4 Å². The monoisotopic (exact) mass is 267 g/mol. The molecule has 0 atom stereocenters. The molecule has 1 fully saturated rings. The maximum Gasteiger partial charge on any atom is 0.194 e. The van der Waals surface area contributed by atoms with E-state index in [1.54, 1.807) is 7.05 Å². The SMILES string of the molecule is C#CCNC(=NC)N1CCC(=Cc2ccccc2)CC1. The number of hydrogen-bond acceptors (Lipinski definition) is 1. The molecule has 3 nitrogen and oxygen atoms in total. The minimum Gasteiger partial charge on any atom is -0.345 e. The van der Waals surface area contributed by atoms with Gasteiger partial charge in [0.25, 0.3) is 0 Å². The Balaban J connectivity index is 1.92. The molecule has 3 heteroatoms. The summed E-state index contributed by atoms with van der Waals surface area (Å²) in [7, 11) is 1.80. The number of likely N-dealkylation sites (tertiary alicyclic amines) is 1. The van der Waals surface area contributed by atoms with E-state index in [1.165, 1.54) is 11.1 Å². The average molecular weight is 267 g/mol. The first-order valence-electron chi connectivity index (χ1n) is 6.97. The first-order valence-corrected chi connectivity index (χ1v) is 6.97. The number of nitrogens with one attached hydrogen (secondary N) is 1. The summed E-state index contributed by atoms with van der Waals surface area (Å²) < 4.78 is 0. The van der Waals surface area contributed by atoms with Gasteiger partial charge in [-0.2, -0.15) is 0 Å². The van der Waals surface area contributed by atoms with Crippen molar-refractivity contribution in [2.24, 2.45) is 4.99 Å². The highest BCUT2D eigenvalue weighted by Crippen LogP contribution is 2.19. The zero-order valence-electron chi connectivity index (χ0n) is 12.0. The molecular weight excluding hydrogens is 246 g/mol. The molecule has 1 N–H and O–H groups in total. The van der Waals surface area contributed by atoms with Gasteiger partial charge in [-0.15, -0.1) is 6.42 Å². The lowest BCUT2D eigenvalue weighted by Crippen LogP contribution is -2.44. The van der Waals surface area contributed by atoms with Gasteiger partial charge in [0.1, 0.15) is 0 Å². The molecule has 0 amide bonds. The lowest BCUT2D eigenvalue weighted by Gasteiger charge is -2.31. The second-order valence-corrected chi connectivity index (χ2v) is 4.81. The molecular formula is C17H21N3. The summed E-state index contributed by atoms with van der Waals surface area (Å²) in [5.74, 6) is 3.49. The standard InChI is InChI=1S/C17H21N3/c1-3-11-19-17(18-2)20-12-9-16(10-13-20)14-15-7-5-4-6-8-15/h1,4-8,14H,9-13H2,2H3,(H,18,19). The summed E-state index contributed by atoms with van der Waals surface area (Å²) in [4.78, 5) is 6.54. The first kappa shape index (κ1) is 14.2. The van der Waals surface area contributed by atoms with Crippen LogP contribution in [0.15, 0.2) is 40.9 Å². The maximum absolute atomic E-state index is 5.27. The fourth-order valence-corrected chi connectivity index (χ4v) is 2.40. The molecule has 2 rings (SSSR count). The van der Waals surface area contributed by atoms with Crippen LogP contribution >= 0.6 is 0 Å². The van der Waals surface area contributed by atoms with E-state index in [4.69, 9.17) is 6.42 Å². The first-order chi connectivity index (χ1) is 9.83. The third-order valence-corrected chi connectivity index (χ3v) is 3.44. The predicted molar refractivity (Wildman–Crippen MR) is 85.4 cm³/mol. The Morgan fingerprint density at radius 2 is 2.05 bits per heavy atom. The van der Waals surface area contributed by atoms with E-state index in [0.717, 1.165) is 31.9 Å². The number of benzene rings is 1. The largest absolute Gasteiger partial charge is 0.345 e. The summed E-state index contributed by atoms with van der Waals surface area (Å²) >= 11 is 0. The van der Waals surface area contributed by atoms with Crippen molar-refractivity contribution in [1.29, 1.82) is 0 Å². The molecule has 1 saturated heterocycles. The van der Waals surface area contributed by atoms with E-state index in [-0.39, 0.29) is 0 Å². The second kappa shape index (κ2) is 7.40. The number of aliphatic imine (C=N–C) groups is 1. The summed E-state index contributed by atoms with van der Waals surface area (Å²) in [6.45, 7) is 2.50. The van der Waals surface area contributed by atoms with E-state index >= 15 is 0 Å². The molecule has 0 radical (unpaired) electrons. The Morgan fingerprint density at radius 1 is 1.35 bits per heavy atom. The smallest absolute Gasteiger partial charge is 0.194 e. The Morgan fingerprint density at radius 3 is 2.65 bits per heavy atom. The molecule has 20 heavy (non-hydrogen) atoms. The van der Waals surface area contributed by atoms with Crippen LogP contribution in [-0.2, 0) is 0 Å². The van der Waals surface area contributed by atoms with Gasteiger partial charge in [-0.25, -0.2) is 0 Å². The summed E-state index contributed by atoms with van der Waals surface area (Å²) in [6.07, 6.45) is 9.72. The minimum atomic E-state index is 0.524. The number of rotatable bonds is 2. The van der Waals surface area contributed by atoms with Crippen LogP contribution in [0.2, 0.25) is 0 Å². The van der Waals surface area contributed by atoms with Gasteiger partial charge in [0.05, 0.1) is 6.54 Å². The number of terminal acetylenes is 1. The van der Waals surface area contributed by atoms with Crippen LogP contribution in [0.3, 0.4) is 0 Å². The van der Waals surface area contributed by atoms with E-state index in [0.29, 0.717) is 6.54 Å². The molecule has 0 aromatic heterocycles. The molecule has 0 aliphatic carbocycles. The van der Waals surface area contributed by atoms with E-state index in [1.807, 2.05) is 6.07 Å². The number of hydrogen-bond donors (Lipinski definition) is 1. The fraction of sp³-hybridized carbons (Fsp3) is 0.353. The van der Waals surface area contributed by atoms with E-state index in [2.05, 4.69) is 51.5 Å². The Bertz CT molecular complexity index is 513. The molecule has 0 unspecified atom stereocenters. The lowest BCUT2D eigenvalue weighted by atomic mass is 10.0. The van der Waals surface area contributed by atoms with Crippen molar-refractivity contribution in [2.75, 3.05) is 26.7 Å². The van der Waals surface area contributed by atoms with Crippen LogP contribution in [0.1, 0.15) is 18.4 Å². The third kappa shape index (κ3) is 3.89. The molecule has 0 spiro atoms. The normalized spacial score (nSPS) is 15.7. The fourth-order valence-electron chi connectivity index (χ4n) is 2.40. The number of guanidine groups is 1. The minimum absolute atomic E-state index is 0.524. The van der Waals surface area contributed by atoms with E-state index < -0.39 is 0 Å². The summed E-state index contributed by atoms with van der Waals surface area (Å²) in [5, 5.41) is 3.17. The molecule has 1 aromatic rings. The van der Waals surface area contributed by atoms with Crippen LogP contribution in [-0.4, -0.2) is 37.5 Å². The van der Waals surface area contributed by atoms with Gasteiger partial charge < -0.3 is 10.2 Å². The van der Waals surface area contributed by atoms with Crippen LogP contribution in [0, 0.1) is 12.3 Å². The molecule has 1 aliphatic heterocycles. The van der Waals surface area contributed by atoms with Crippen molar-refractivity contribution in [2.45, 2.75) is 12.8 Å². The van der Waals surface area contributed by atoms with Crippen molar-refractivity contribution < 1.29 is 0 Å². The van der Waals surface area contributed by atoms with Gasteiger partial charge in [0.15, 0.2) is 5.96 Å². The highest BCUT2D eigenvalue weighted by atomic mass is 15.3. The van der Waals surface area contributed by atoms with E-state index in [9.17, 15) is 0 Å². The zero-order chi connectivity index (χ0) is 14.2. The molecule has 0 bridgehead atoms. The molecule has 104 valence electrons. The average Bonchev–Trinajstić information content (AvgIpc) is 2.50. The zero-order valence-corrected chi connectivity index (χ0v) is 12.0. The van der Waals surface area contributed by atoms with Gasteiger partial charge in [0, 0.05) is 20.1 Å². The molecule has 1 heterocycles. The molecule has 0 saturated carbocycles. The van der Waals surface area contributed by atoms with Crippen LogP contribution in [0.5, 0.6) is 0 Å². The quantitative estimate of drug-likeness (QED) is 0.506. The van der Waals surface area contributed by atoms with Crippen molar-refractivity contribution in [3.8, 4) is 12.3 Å². The maximum atomic E-state index is 5.27. The Kier molecular flexibility index (Phi) is 5.25. The predicted octanol–water partition coefficient (Wildman–Crippen LogP) is 2.37. The molecule has 1 aliphatic rings. The third-order valence-electron chi connectivity index (χ3n) is 3.44. The summed E-state index contributed by atoms with van der Waals surface area (Å²) in [6, 6.07) is 10.5. The van der Waals surface area contributed by atoms with Crippen LogP contribution in [0.4, 0.5) is 0 Å². The van der Waals surface area contributed by atoms with Crippen LogP contribution in [0.25, 0.3) is 6.08 Å². The van der Waals surface area contributed by atoms with Gasteiger partial charge >= 0.3 is 0 Å². The van der Waals surface area contributed by atoms with Crippen LogP contribution < -0.4 is 5.32 Å². The Labute approximate surface area is 121 Å². The number of piperidine rings is 1. The Hall–Kier alpha value is -2.21. The highest BCUT2D eigenvalue weighted by Gasteiger charge is 2.16. The number of nitrogens with zero attached hydrogens (tertiary/aromatic N) is 2. The summed E-state index contributed by atoms with van der Waals surface area (Å²) in [5.41, 5.74) is 2.78. The lowest BCUT2D eigenvalue weighted by molar-refractivity contribution is 0.377. The topological polar surface area (TPSA) is 27.6 Å².